The van der Waals surface area contributed by atoms with Gasteiger partial charge < -0.3 is 19.4 Å². The summed E-state index contributed by atoms with van der Waals surface area (Å²) in [7, 11) is -4.26. The Hall–Kier alpha value is -3.45. The van der Waals surface area contributed by atoms with Crippen LogP contribution in [0.5, 0.6) is 0 Å². The van der Waals surface area contributed by atoms with Crippen molar-refractivity contribution < 1.29 is 32.1 Å². The molecule has 0 saturated carbocycles. The quantitative estimate of drug-likeness (QED) is 0.255. The number of carbonyl (C=O) groups is 2. The molecule has 0 aliphatic heterocycles. The zero-order valence-corrected chi connectivity index (χ0v) is 20.1. The molecule has 0 saturated heterocycles. The van der Waals surface area contributed by atoms with E-state index in [4.69, 9.17) is 9.15 Å². The van der Waals surface area contributed by atoms with Crippen molar-refractivity contribution in [3.05, 3.63) is 52.5 Å². The lowest BCUT2D eigenvalue weighted by atomic mass is 10.2. The van der Waals surface area contributed by atoms with Crippen molar-refractivity contribution in [1.29, 1.82) is 0 Å². The summed E-state index contributed by atoms with van der Waals surface area (Å²) in [5.74, 6) is -0.834. The van der Waals surface area contributed by atoms with Gasteiger partial charge in [0.2, 0.25) is 10.0 Å². The van der Waals surface area contributed by atoms with Crippen molar-refractivity contribution in [2.45, 2.75) is 51.2 Å². The Morgan fingerprint density at radius 1 is 1.18 bits per heavy atom. The van der Waals surface area contributed by atoms with Crippen LogP contribution in [0.15, 0.2) is 45.9 Å². The first-order chi connectivity index (χ1) is 15.9. The van der Waals surface area contributed by atoms with Crippen LogP contribution in [0.3, 0.4) is 0 Å². The van der Waals surface area contributed by atoms with E-state index in [1.54, 1.807) is 12.1 Å². The zero-order valence-electron chi connectivity index (χ0n) is 19.3. The number of ether oxygens (including phenoxy) is 1. The number of furan rings is 1. The number of nitro benzene ring substituents is 1. The van der Waals surface area contributed by atoms with E-state index in [0.717, 1.165) is 12.1 Å². The fourth-order valence-corrected chi connectivity index (χ4v) is 4.24. The summed E-state index contributed by atoms with van der Waals surface area (Å²) in [6.45, 7) is 6.18. The molecule has 0 bridgehead atoms. The first kappa shape index (κ1) is 26.8. The molecule has 0 aliphatic rings. The Kier molecular flexibility index (Phi) is 9.15. The molecule has 186 valence electrons. The number of amides is 1. The van der Waals surface area contributed by atoms with Gasteiger partial charge in [0.05, 0.1) is 22.6 Å². The summed E-state index contributed by atoms with van der Waals surface area (Å²) < 4.78 is 37.1. The molecule has 0 aliphatic carbocycles. The molecule has 13 heteroatoms. The molecule has 0 atom stereocenters. The van der Waals surface area contributed by atoms with E-state index in [1.807, 2.05) is 32.4 Å². The standard InChI is InChI=1S/C21H28N4O8S/c1-14(2)24(15(3)4)20(26)13-33-21(27)12-23-34(30,31)17-7-8-18(19(10-17)25(28)29)22-11-16-6-5-9-32-16/h5-10,14-15,22-23H,11-13H2,1-4H3. The molecule has 0 fully saturated rings. The van der Waals surface area contributed by atoms with Gasteiger partial charge in [0, 0.05) is 18.2 Å². The lowest BCUT2D eigenvalue weighted by Crippen LogP contribution is -2.44. The fraction of sp³-hybridized carbons (Fsp3) is 0.429. The van der Waals surface area contributed by atoms with E-state index in [0.29, 0.717) is 5.76 Å². The molecular formula is C21H28N4O8S. The van der Waals surface area contributed by atoms with E-state index < -0.39 is 50.6 Å². The largest absolute Gasteiger partial charge is 0.467 e. The molecule has 1 heterocycles. The minimum absolute atomic E-state index is 0.0955. The van der Waals surface area contributed by atoms with Crippen LogP contribution in [0.25, 0.3) is 0 Å². The number of sulfonamides is 1. The molecule has 1 amide bonds. The number of hydrogen-bond donors (Lipinski definition) is 2. The topological polar surface area (TPSA) is 161 Å². The average Bonchev–Trinajstić information content (AvgIpc) is 3.27. The van der Waals surface area contributed by atoms with Gasteiger partial charge in [0.1, 0.15) is 18.0 Å². The highest BCUT2D eigenvalue weighted by Crippen LogP contribution is 2.28. The molecule has 0 radical (unpaired) electrons. The number of esters is 1. The normalized spacial score (nSPS) is 11.5. The fourth-order valence-electron chi connectivity index (χ4n) is 3.25. The molecule has 2 N–H and O–H groups in total. The SMILES string of the molecule is CC(C)N(C(=O)COC(=O)CNS(=O)(=O)c1ccc(NCc2ccco2)c([N+](=O)[O-])c1)C(C)C. The predicted octanol–water partition coefficient (Wildman–Crippen LogP) is 2.27. The maximum absolute atomic E-state index is 12.5. The lowest BCUT2D eigenvalue weighted by molar-refractivity contribution is -0.384. The summed E-state index contributed by atoms with van der Waals surface area (Å²) in [5, 5.41) is 14.3. The Morgan fingerprint density at radius 3 is 2.41 bits per heavy atom. The minimum atomic E-state index is -4.26. The lowest BCUT2D eigenvalue weighted by Gasteiger charge is -2.30. The van der Waals surface area contributed by atoms with Crippen molar-refractivity contribution in [3.8, 4) is 0 Å². The smallest absolute Gasteiger partial charge is 0.321 e. The first-order valence-corrected chi connectivity index (χ1v) is 11.9. The first-order valence-electron chi connectivity index (χ1n) is 10.4. The molecule has 0 unspecified atom stereocenters. The number of nitrogens with zero attached hydrogens (tertiary/aromatic N) is 2. The van der Waals surface area contributed by atoms with Crippen molar-refractivity contribution in [1.82, 2.24) is 9.62 Å². The number of carbonyl (C=O) groups excluding carboxylic acids is 2. The van der Waals surface area contributed by atoms with Crippen LogP contribution in [-0.2, 0) is 30.9 Å². The Bertz CT molecular complexity index is 1110. The zero-order chi connectivity index (χ0) is 25.5. The molecule has 2 rings (SSSR count). The monoisotopic (exact) mass is 496 g/mol. The van der Waals surface area contributed by atoms with Gasteiger partial charge in [0.15, 0.2) is 6.61 Å². The Labute approximate surface area is 197 Å². The van der Waals surface area contributed by atoms with Gasteiger partial charge in [-0.05, 0) is 52.0 Å². The second-order valence-electron chi connectivity index (χ2n) is 7.84. The Morgan fingerprint density at radius 2 is 1.85 bits per heavy atom. The van der Waals surface area contributed by atoms with Gasteiger partial charge in [0.25, 0.3) is 11.6 Å². The van der Waals surface area contributed by atoms with E-state index >= 15 is 0 Å². The van der Waals surface area contributed by atoms with Crippen LogP contribution < -0.4 is 10.0 Å². The number of benzene rings is 1. The van der Waals surface area contributed by atoms with Crippen LogP contribution in [0, 0.1) is 10.1 Å². The van der Waals surface area contributed by atoms with Crippen LogP contribution in [0.1, 0.15) is 33.5 Å². The van der Waals surface area contributed by atoms with Crippen molar-refractivity contribution in [3.63, 3.8) is 0 Å². The van der Waals surface area contributed by atoms with Crippen LogP contribution >= 0.6 is 0 Å². The number of nitrogens with one attached hydrogen (secondary N) is 2. The van der Waals surface area contributed by atoms with Gasteiger partial charge in [-0.2, -0.15) is 4.72 Å². The summed E-state index contributed by atoms with van der Waals surface area (Å²) in [5.41, 5.74) is -0.372. The van der Waals surface area contributed by atoms with Gasteiger partial charge in [-0.3, -0.25) is 19.7 Å². The number of rotatable bonds is 12. The van der Waals surface area contributed by atoms with Gasteiger partial charge in [-0.25, -0.2) is 8.42 Å². The number of anilines is 1. The highest BCUT2D eigenvalue weighted by molar-refractivity contribution is 7.89. The maximum atomic E-state index is 12.5. The highest BCUT2D eigenvalue weighted by Gasteiger charge is 2.24. The average molecular weight is 497 g/mol. The second kappa shape index (κ2) is 11.6. The van der Waals surface area contributed by atoms with Crippen LogP contribution in [-0.4, -0.2) is 55.4 Å². The molecule has 0 spiro atoms. The third-order valence-electron chi connectivity index (χ3n) is 4.67. The predicted molar refractivity (Wildman–Crippen MR) is 122 cm³/mol. The third-order valence-corrected chi connectivity index (χ3v) is 6.07. The molecule has 34 heavy (non-hydrogen) atoms. The second-order valence-corrected chi connectivity index (χ2v) is 9.61. The van der Waals surface area contributed by atoms with Gasteiger partial charge in [-0.1, -0.05) is 0 Å². The maximum Gasteiger partial charge on any atom is 0.321 e. The summed E-state index contributed by atoms with van der Waals surface area (Å²) in [6.07, 6.45) is 1.46. The highest BCUT2D eigenvalue weighted by atomic mass is 32.2. The molecule has 12 nitrogen and oxygen atoms in total. The van der Waals surface area contributed by atoms with E-state index in [-0.39, 0.29) is 24.3 Å². The van der Waals surface area contributed by atoms with Gasteiger partial charge in [-0.15, -0.1) is 0 Å². The van der Waals surface area contributed by atoms with Crippen molar-refractivity contribution in [2.24, 2.45) is 0 Å². The van der Waals surface area contributed by atoms with E-state index in [9.17, 15) is 28.1 Å². The minimum Gasteiger partial charge on any atom is -0.467 e. The van der Waals surface area contributed by atoms with Gasteiger partial charge >= 0.3 is 5.97 Å². The van der Waals surface area contributed by atoms with Crippen molar-refractivity contribution >= 4 is 33.3 Å². The molecular weight excluding hydrogens is 468 g/mol. The summed E-state index contributed by atoms with van der Waals surface area (Å²) in [6, 6.07) is 6.44. The molecule has 2 aromatic rings. The summed E-state index contributed by atoms with van der Waals surface area (Å²) >= 11 is 0. The van der Waals surface area contributed by atoms with Crippen molar-refractivity contribution in [2.75, 3.05) is 18.5 Å². The third kappa shape index (κ3) is 7.28. The number of hydrogen-bond acceptors (Lipinski definition) is 9. The Balaban J connectivity index is 2.01. The molecule has 1 aromatic heterocycles. The summed E-state index contributed by atoms with van der Waals surface area (Å²) in [4.78, 5) is 36.1. The van der Waals surface area contributed by atoms with Crippen LogP contribution in [0.4, 0.5) is 11.4 Å². The van der Waals surface area contributed by atoms with Crippen LogP contribution in [0.2, 0.25) is 0 Å². The van der Waals surface area contributed by atoms with E-state index in [2.05, 4.69) is 5.32 Å². The molecule has 1 aromatic carbocycles. The number of nitro groups is 1. The van der Waals surface area contributed by atoms with E-state index in [1.165, 1.54) is 17.2 Å².